The van der Waals surface area contributed by atoms with E-state index in [9.17, 15) is 4.79 Å². The molecule has 0 aromatic rings. The van der Waals surface area contributed by atoms with E-state index in [1.165, 1.54) is 32.2 Å². The monoisotopic (exact) mass is 226 g/mol. The van der Waals surface area contributed by atoms with Gasteiger partial charge in [-0.2, -0.15) is 0 Å². The number of nitrogens with zero attached hydrogens (tertiary/aromatic N) is 2. The molecule has 4 heteroatoms. The lowest BCUT2D eigenvalue weighted by molar-refractivity contribution is -0.138. The number of carbonyl (C=O) groups is 1. The van der Waals surface area contributed by atoms with Gasteiger partial charge in [0, 0.05) is 19.1 Å². The Hall–Kier alpha value is -0.610. The SMILES string of the molecule is CN1CCCC(CN(CC(=O)O)C2CC2)C1. The van der Waals surface area contributed by atoms with Crippen molar-refractivity contribution in [2.75, 3.05) is 33.2 Å². The maximum absolute atomic E-state index is 10.8. The summed E-state index contributed by atoms with van der Waals surface area (Å²) in [5.74, 6) is -0.0187. The minimum Gasteiger partial charge on any atom is -0.480 e. The van der Waals surface area contributed by atoms with Crippen LogP contribution in [0.1, 0.15) is 25.7 Å². The van der Waals surface area contributed by atoms with Crippen molar-refractivity contribution >= 4 is 5.97 Å². The van der Waals surface area contributed by atoms with E-state index in [2.05, 4.69) is 16.8 Å². The number of rotatable bonds is 5. The first-order chi connectivity index (χ1) is 7.65. The van der Waals surface area contributed by atoms with Gasteiger partial charge in [0.25, 0.3) is 0 Å². The second-order valence-corrected chi connectivity index (χ2v) is 5.32. The third kappa shape index (κ3) is 3.46. The van der Waals surface area contributed by atoms with Gasteiger partial charge in [-0.3, -0.25) is 9.69 Å². The van der Waals surface area contributed by atoms with Crippen molar-refractivity contribution in [2.24, 2.45) is 5.92 Å². The van der Waals surface area contributed by atoms with E-state index >= 15 is 0 Å². The Morgan fingerprint density at radius 1 is 1.44 bits per heavy atom. The second-order valence-electron chi connectivity index (χ2n) is 5.32. The van der Waals surface area contributed by atoms with E-state index in [0.717, 1.165) is 13.1 Å². The first-order valence-electron chi connectivity index (χ1n) is 6.29. The Balaban J connectivity index is 1.82. The van der Waals surface area contributed by atoms with Crippen LogP contribution in [0, 0.1) is 5.92 Å². The van der Waals surface area contributed by atoms with E-state index < -0.39 is 5.97 Å². The molecule has 16 heavy (non-hydrogen) atoms. The van der Waals surface area contributed by atoms with Gasteiger partial charge < -0.3 is 10.0 Å². The highest BCUT2D eigenvalue weighted by atomic mass is 16.4. The highest BCUT2D eigenvalue weighted by Gasteiger charge is 2.32. The summed E-state index contributed by atoms with van der Waals surface area (Å²) in [6.07, 6.45) is 4.89. The number of hydrogen-bond donors (Lipinski definition) is 1. The van der Waals surface area contributed by atoms with Crippen LogP contribution in [0.4, 0.5) is 0 Å². The number of aliphatic carboxylic acids is 1. The summed E-state index contributed by atoms with van der Waals surface area (Å²) in [5, 5.41) is 8.89. The topological polar surface area (TPSA) is 43.8 Å². The fourth-order valence-corrected chi connectivity index (χ4v) is 2.71. The summed E-state index contributed by atoms with van der Waals surface area (Å²) >= 11 is 0. The van der Waals surface area contributed by atoms with Crippen molar-refractivity contribution in [1.29, 1.82) is 0 Å². The summed E-state index contributed by atoms with van der Waals surface area (Å²) in [5.41, 5.74) is 0. The molecule has 1 atom stereocenters. The molecule has 0 bridgehead atoms. The van der Waals surface area contributed by atoms with Crippen LogP contribution in [0.15, 0.2) is 0 Å². The largest absolute Gasteiger partial charge is 0.480 e. The molecule has 0 spiro atoms. The molecule has 2 rings (SSSR count). The Morgan fingerprint density at radius 2 is 2.19 bits per heavy atom. The van der Waals surface area contributed by atoms with E-state index in [4.69, 9.17) is 5.11 Å². The highest BCUT2D eigenvalue weighted by Crippen LogP contribution is 2.28. The highest BCUT2D eigenvalue weighted by molar-refractivity contribution is 5.69. The summed E-state index contributed by atoms with van der Waals surface area (Å²) in [7, 11) is 2.16. The summed E-state index contributed by atoms with van der Waals surface area (Å²) in [6.45, 7) is 3.52. The van der Waals surface area contributed by atoms with Crippen LogP contribution >= 0.6 is 0 Å². The lowest BCUT2D eigenvalue weighted by Crippen LogP contribution is -2.41. The normalized spacial score (nSPS) is 27.2. The van der Waals surface area contributed by atoms with Crippen molar-refractivity contribution in [2.45, 2.75) is 31.7 Å². The van der Waals surface area contributed by atoms with Gasteiger partial charge in [0.2, 0.25) is 0 Å². The number of carboxylic acids is 1. The van der Waals surface area contributed by atoms with E-state index in [-0.39, 0.29) is 6.54 Å². The molecule has 2 fully saturated rings. The second kappa shape index (κ2) is 5.15. The van der Waals surface area contributed by atoms with Gasteiger partial charge >= 0.3 is 5.97 Å². The maximum atomic E-state index is 10.8. The van der Waals surface area contributed by atoms with Crippen molar-refractivity contribution in [3.8, 4) is 0 Å². The van der Waals surface area contributed by atoms with Gasteiger partial charge in [0.1, 0.15) is 0 Å². The van der Waals surface area contributed by atoms with E-state index in [1.54, 1.807) is 0 Å². The first-order valence-corrected chi connectivity index (χ1v) is 6.29. The van der Waals surface area contributed by atoms with Gasteiger partial charge in [-0.1, -0.05) is 0 Å². The van der Waals surface area contributed by atoms with Crippen LogP contribution in [0.25, 0.3) is 0 Å². The van der Waals surface area contributed by atoms with Gasteiger partial charge in [-0.05, 0) is 45.2 Å². The quantitative estimate of drug-likeness (QED) is 0.755. The predicted molar refractivity (Wildman–Crippen MR) is 62.5 cm³/mol. The third-order valence-corrected chi connectivity index (χ3v) is 3.62. The average molecular weight is 226 g/mol. The Labute approximate surface area is 97.2 Å². The summed E-state index contributed by atoms with van der Waals surface area (Å²) < 4.78 is 0. The van der Waals surface area contributed by atoms with E-state index in [1.807, 2.05) is 0 Å². The fourth-order valence-electron chi connectivity index (χ4n) is 2.71. The smallest absolute Gasteiger partial charge is 0.317 e. The van der Waals surface area contributed by atoms with Crippen molar-refractivity contribution in [1.82, 2.24) is 9.80 Å². The van der Waals surface area contributed by atoms with Crippen LogP contribution in [0.3, 0.4) is 0 Å². The summed E-state index contributed by atoms with van der Waals surface area (Å²) in [6, 6.07) is 0.559. The molecule has 0 amide bonds. The zero-order valence-corrected chi connectivity index (χ0v) is 10.1. The maximum Gasteiger partial charge on any atom is 0.317 e. The molecular weight excluding hydrogens is 204 g/mol. The molecule has 0 aromatic heterocycles. The number of hydrogen-bond acceptors (Lipinski definition) is 3. The van der Waals surface area contributed by atoms with Crippen molar-refractivity contribution in [3.63, 3.8) is 0 Å². The predicted octanol–water partition coefficient (Wildman–Crippen LogP) is 0.877. The Morgan fingerprint density at radius 3 is 2.75 bits per heavy atom. The first kappa shape index (κ1) is 11.9. The van der Waals surface area contributed by atoms with Crippen LogP contribution in [0.5, 0.6) is 0 Å². The number of likely N-dealkylation sites (tertiary alicyclic amines) is 1. The van der Waals surface area contributed by atoms with Crippen molar-refractivity contribution in [3.05, 3.63) is 0 Å². The Bertz CT molecular complexity index is 253. The zero-order chi connectivity index (χ0) is 11.5. The summed E-state index contributed by atoms with van der Waals surface area (Å²) in [4.78, 5) is 15.3. The molecule has 1 N–H and O–H groups in total. The molecule has 1 aliphatic carbocycles. The van der Waals surface area contributed by atoms with Crippen LogP contribution in [0.2, 0.25) is 0 Å². The van der Waals surface area contributed by atoms with Gasteiger partial charge in [0.15, 0.2) is 0 Å². The lowest BCUT2D eigenvalue weighted by atomic mass is 9.98. The average Bonchev–Trinajstić information content (AvgIpc) is 2.99. The molecule has 0 radical (unpaired) electrons. The molecule has 1 aliphatic heterocycles. The standard InChI is InChI=1S/C12H22N2O2/c1-13-6-2-3-10(7-13)8-14(9-12(15)16)11-4-5-11/h10-11H,2-9H2,1H3,(H,15,16). The number of carboxylic acid groups (broad SMARTS) is 1. The third-order valence-electron chi connectivity index (χ3n) is 3.62. The molecular formula is C12H22N2O2. The zero-order valence-electron chi connectivity index (χ0n) is 10.1. The number of piperidine rings is 1. The molecule has 1 saturated carbocycles. The molecule has 4 nitrogen and oxygen atoms in total. The van der Waals surface area contributed by atoms with Gasteiger partial charge in [0.05, 0.1) is 6.54 Å². The fraction of sp³-hybridized carbons (Fsp3) is 0.917. The molecule has 1 saturated heterocycles. The van der Waals surface area contributed by atoms with Crippen LogP contribution < -0.4 is 0 Å². The minimum absolute atomic E-state index is 0.227. The van der Waals surface area contributed by atoms with Gasteiger partial charge in [-0.25, -0.2) is 0 Å². The van der Waals surface area contributed by atoms with Gasteiger partial charge in [-0.15, -0.1) is 0 Å². The molecule has 1 heterocycles. The van der Waals surface area contributed by atoms with Crippen LogP contribution in [-0.2, 0) is 4.79 Å². The minimum atomic E-state index is -0.684. The lowest BCUT2D eigenvalue weighted by Gasteiger charge is -2.33. The van der Waals surface area contributed by atoms with Crippen LogP contribution in [-0.4, -0.2) is 60.1 Å². The Kier molecular flexibility index (Phi) is 3.82. The molecule has 2 aliphatic rings. The molecule has 1 unspecified atom stereocenters. The van der Waals surface area contributed by atoms with Crippen molar-refractivity contribution < 1.29 is 9.90 Å². The molecule has 0 aromatic carbocycles. The molecule has 92 valence electrons. The van der Waals surface area contributed by atoms with E-state index in [0.29, 0.717) is 12.0 Å².